The number of amides is 2. The van der Waals surface area contributed by atoms with Crippen molar-refractivity contribution in [3.05, 3.63) is 0 Å². The van der Waals surface area contributed by atoms with Crippen LogP contribution in [0.4, 0.5) is 0 Å². The van der Waals surface area contributed by atoms with Crippen molar-refractivity contribution >= 4 is 12.3 Å². The van der Waals surface area contributed by atoms with E-state index in [1.807, 2.05) is 13.8 Å². The van der Waals surface area contributed by atoms with E-state index in [0.717, 1.165) is 13.0 Å². The fourth-order valence-electron chi connectivity index (χ4n) is 1.41. The number of ether oxygens (including phenoxy) is 2. The first-order chi connectivity index (χ1) is 9.67. The predicted octanol–water partition coefficient (Wildman–Crippen LogP) is -0.225. The molecule has 0 aliphatic heterocycles. The maximum atomic E-state index is 11.8. The minimum absolute atomic E-state index is 0.136. The lowest BCUT2D eigenvalue weighted by Crippen LogP contribution is -2.36. The molecule has 1 unspecified atom stereocenters. The number of hydrazine groups is 1. The molecular weight excluding hydrogens is 262 g/mol. The first kappa shape index (κ1) is 19.0. The molecule has 1 atom stereocenters. The van der Waals surface area contributed by atoms with Gasteiger partial charge < -0.3 is 9.47 Å². The van der Waals surface area contributed by atoms with Gasteiger partial charge in [0.1, 0.15) is 0 Å². The molecule has 2 N–H and O–H groups in total. The van der Waals surface area contributed by atoms with Gasteiger partial charge in [-0.1, -0.05) is 13.8 Å². The van der Waals surface area contributed by atoms with Gasteiger partial charge in [0.15, 0.2) is 0 Å². The maximum absolute atomic E-state index is 11.8. The molecule has 7 nitrogen and oxygen atoms in total. The van der Waals surface area contributed by atoms with Crippen LogP contribution in [-0.2, 0) is 19.1 Å². The molecular formula is C13H27N3O4. The van der Waals surface area contributed by atoms with Crippen molar-refractivity contribution in [3.63, 3.8) is 0 Å². The lowest BCUT2D eigenvalue weighted by Gasteiger charge is -2.18. The van der Waals surface area contributed by atoms with Gasteiger partial charge in [0.05, 0.1) is 33.0 Å². The molecule has 0 heterocycles. The Morgan fingerprint density at radius 3 is 2.45 bits per heavy atom. The molecule has 7 heteroatoms. The van der Waals surface area contributed by atoms with Gasteiger partial charge in [0.2, 0.25) is 12.3 Å². The highest BCUT2D eigenvalue weighted by molar-refractivity contribution is 5.87. The van der Waals surface area contributed by atoms with Crippen LogP contribution in [-0.4, -0.2) is 63.8 Å². The molecule has 118 valence electrons. The first-order valence-corrected chi connectivity index (χ1v) is 6.98. The van der Waals surface area contributed by atoms with E-state index in [1.54, 1.807) is 7.05 Å². The summed E-state index contributed by atoms with van der Waals surface area (Å²) in [7, 11) is 1.79. The molecule has 0 aromatic rings. The number of hydrogen-bond donors (Lipinski definition) is 2. The third-order valence-electron chi connectivity index (χ3n) is 2.84. The summed E-state index contributed by atoms with van der Waals surface area (Å²) < 4.78 is 10.6. The summed E-state index contributed by atoms with van der Waals surface area (Å²) >= 11 is 0. The van der Waals surface area contributed by atoms with Crippen LogP contribution < -0.4 is 10.9 Å². The topological polar surface area (TPSA) is 79.9 Å². The van der Waals surface area contributed by atoms with E-state index in [0.29, 0.717) is 32.8 Å². The van der Waals surface area contributed by atoms with Crippen LogP contribution in [0.25, 0.3) is 0 Å². The monoisotopic (exact) mass is 289 g/mol. The van der Waals surface area contributed by atoms with Crippen molar-refractivity contribution in [1.29, 1.82) is 0 Å². The lowest BCUT2D eigenvalue weighted by atomic mass is 10.1. The van der Waals surface area contributed by atoms with Crippen LogP contribution in [0.15, 0.2) is 0 Å². The predicted molar refractivity (Wildman–Crippen MR) is 75.9 cm³/mol. The minimum Gasteiger partial charge on any atom is -0.378 e. The summed E-state index contributed by atoms with van der Waals surface area (Å²) in [5.41, 5.74) is 5.69. The Hall–Kier alpha value is -1.02. The van der Waals surface area contributed by atoms with Crippen molar-refractivity contribution in [2.75, 3.05) is 46.6 Å². The summed E-state index contributed by atoms with van der Waals surface area (Å²) in [4.78, 5) is 23.8. The Morgan fingerprint density at radius 2 is 1.90 bits per heavy atom. The zero-order chi connectivity index (χ0) is 15.2. The van der Waals surface area contributed by atoms with E-state index in [2.05, 4.69) is 10.9 Å². The van der Waals surface area contributed by atoms with Crippen LogP contribution in [0.1, 0.15) is 20.3 Å². The normalized spacial score (nSPS) is 12.2. The largest absolute Gasteiger partial charge is 0.378 e. The molecule has 2 amide bonds. The van der Waals surface area contributed by atoms with Crippen LogP contribution >= 0.6 is 0 Å². The molecule has 0 bridgehead atoms. The number of nitrogens with one attached hydrogen (secondary N) is 2. The van der Waals surface area contributed by atoms with Crippen LogP contribution in [0.5, 0.6) is 0 Å². The van der Waals surface area contributed by atoms with Gasteiger partial charge in [-0.2, -0.15) is 0 Å². The summed E-state index contributed by atoms with van der Waals surface area (Å²) in [6.45, 7) is 6.60. The summed E-state index contributed by atoms with van der Waals surface area (Å²) in [6, 6.07) is 0. The van der Waals surface area contributed by atoms with Gasteiger partial charge in [0, 0.05) is 12.5 Å². The molecule has 20 heavy (non-hydrogen) atoms. The highest BCUT2D eigenvalue weighted by Crippen LogP contribution is 2.04. The highest BCUT2D eigenvalue weighted by atomic mass is 16.5. The van der Waals surface area contributed by atoms with Crippen molar-refractivity contribution in [1.82, 2.24) is 15.8 Å². The average molecular weight is 289 g/mol. The molecule has 0 rings (SSSR count). The molecule has 0 aromatic carbocycles. The number of imide groups is 1. The minimum atomic E-state index is -0.152. The average Bonchev–Trinajstić information content (AvgIpc) is 2.48. The molecule has 0 aliphatic carbocycles. The Morgan fingerprint density at radius 1 is 1.25 bits per heavy atom. The molecule has 0 saturated heterocycles. The second-order valence-electron chi connectivity index (χ2n) is 4.35. The SMILES string of the molecule is CCC(C)C(=O)N(C=O)CCOCCOCCNNC. The number of nitrogens with zero attached hydrogens (tertiary/aromatic N) is 1. The highest BCUT2D eigenvalue weighted by Gasteiger charge is 2.17. The van der Waals surface area contributed by atoms with E-state index < -0.39 is 0 Å². The number of carbonyl (C=O) groups is 2. The van der Waals surface area contributed by atoms with E-state index in [1.165, 1.54) is 4.90 Å². The molecule has 0 aromatic heterocycles. The van der Waals surface area contributed by atoms with Crippen LogP contribution in [0.3, 0.4) is 0 Å². The summed E-state index contributed by atoms with van der Waals surface area (Å²) in [6.07, 6.45) is 1.29. The van der Waals surface area contributed by atoms with Gasteiger partial charge in [-0.05, 0) is 13.5 Å². The summed E-state index contributed by atoms with van der Waals surface area (Å²) in [5, 5.41) is 0. The Bertz CT molecular complexity index is 264. The van der Waals surface area contributed by atoms with Gasteiger partial charge in [-0.3, -0.25) is 25.3 Å². The first-order valence-electron chi connectivity index (χ1n) is 6.98. The van der Waals surface area contributed by atoms with Crippen molar-refractivity contribution in [2.45, 2.75) is 20.3 Å². The molecule has 0 aliphatic rings. The molecule has 0 spiro atoms. The van der Waals surface area contributed by atoms with E-state index in [9.17, 15) is 9.59 Å². The smallest absolute Gasteiger partial charge is 0.231 e. The fourth-order valence-corrected chi connectivity index (χ4v) is 1.41. The van der Waals surface area contributed by atoms with Crippen molar-refractivity contribution in [3.8, 4) is 0 Å². The summed E-state index contributed by atoms with van der Waals surface area (Å²) in [5.74, 6) is -0.288. The van der Waals surface area contributed by atoms with Crippen molar-refractivity contribution in [2.24, 2.45) is 5.92 Å². The van der Waals surface area contributed by atoms with Gasteiger partial charge >= 0.3 is 0 Å². The standard InChI is InChI=1S/C13H27N3O4/c1-4-12(2)13(18)16(11-17)6-8-20-10-9-19-7-5-15-14-3/h11-12,14-15H,4-10H2,1-3H3. The van der Waals surface area contributed by atoms with Crippen molar-refractivity contribution < 1.29 is 19.1 Å². The lowest BCUT2D eigenvalue weighted by molar-refractivity contribution is -0.142. The van der Waals surface area contributed by atoms with Crippen LogP contribution in [0.2, 0.25) is 0 Å². The van der Waals surface area contributed by atoms with E-state index in [-0.39, 0.29) is 18.4 Å². The van der Waals surface area contributed by atoms with Gasteiger partial charge in [-0.15, -0.1) is 0 Å². The quantitative estimate of drug-likeness (QED) is 0.277. The zero-order valence-corrected chi connectivity index (χ0v) is 12.7. The molecule has 0 saturated carbocycles. The van der Waals surface area contributed by atoms with E-state index >= 15 is 0 Å². The van der Waals surface area contributed by atoms with Gasteiger partial charge in [-0.25, -0.2) is 0 Å². The maximum Gasteiger partial charge on any atom is 0.231 e. The number of hydrogen-bond acceptors (Lipinski definition) is 6. The second kappa shape index (κ2) is 13.0. The fraction of sp³-hybridized carbons (Fsp3) is 0.846. The van der Waals surface area contributed by atoms with Gasteiger partial charge in [0.25, 0.3) is 0 Å². The molecule has 0 fully saturated rings. The second-order valence-corrected chi connectivity index (χ2v) is 4.35. The third-order valence-corrected chi connectivity index (χ3v) is 2.84. The number of carbonyl (C=O) groups excluding carboxylic acids is 2. The Labute approximate surface area is 120 Å². The zero-order valence-electron chi connectivity index (χ0n) is 12.7. The Balaban J connectivity index is 3.56. The third kappa shape index (κ3) is 8.98. The Kier molecular flexibility index (Phi) is 12.3. The van der Waals surface area contributed by atoms with Crippen LogP contribution in [0, 0.1) is 5.92 Å². The molecule has 0 radical (unpaired) electrons. The van der Waals surface area contributed by atoms with E-state index in [4.69, 9.17) is 9.47 Å². The number of rotatable bonds is 13.